The van der Waals surface area contributed by atoms with Gasteiger partial charge in [0.05, 0.1) is 0 Å². The van der Waals surface area contributed by atoms with Crippen molar-refractivity contribution in [2.24, 2.45) is 0 Å². The fourth-order valence-electron chi connectivity index (χ4n) is 2.18. The first-order valence-corrected chi connectivity index (χ1v) is 7.13. The number of aromatic hydroxyl groups is 1. The predicted molar refractivity (Wildman–Crippen MR) is 78.7 cm³/mol. The lowest BCUT2D eigenvalue weighted by atomic mass is 10.2. The Morgan fingerprint density at radius 3 is 2.81 bits per heavy atom. The first-order valence-electron chi connectivity index (χ1n) is 7.13. The van der Waals surface area contributed by atoms with E-state index in [-0.39, 0.29) is 11.6 Å². The lowest BCUT2D eigenvalue weighted by Crippen LogP contribution is -2.16. The first kappa shape index (κ1) is 13.9. The highest BCUT2D eigenvalue weighted by atomic mass is 19.1. The molecular weight excluding hydrogens is 269 g/mol. The average Bonchev–Trinajstić information content (AvgIpc) is 3.28. The van der Waals surface area contributed by atoms with Crippen molar-refractivity contribution in [1.29, 1.82) is 0 Å². The van der Waals surface area contributed by atoms with Crippen LogP contribution in [0.4, 0.5) is 4.39 Å². The monoisotopic (exact) mass is 287 g/mol. The van der Waals surface area contributed by atoms with Gasteiger partial charge in [-0.25, -0.2) is 4.39 Å². The molecule has 3 rings (SSSR count). The quantitative estimate of drug-likeness (QED) is 0.856. The molecule has 1 aliphatic carbocycles. The molecule has 0 radical (unpaired) electrons. The van der Waals surface area contributed by atoms with E-state index in [1.807, 2.05) is 6.07 Å². The van der Waals surface area contributed by atoms with E-state index < -0.39 is 0 Å². The Morgan fingerprint density at radius 1 is 1.19 bits per heavy atom. The summed E-state index contributed by atoms with van der Waals surface area (Å²) in [4.78, 5) is 0. The first-order chi connectivity index (χ1) is 10.2. The maximum Gasteiger partial charge on any atom is 0.124 e. The van der Waals surface area contributed by atoms with Crippen molar-refractivity contribution < 1.29 is 14.2 Å². The second kappa shape index (κ2) is 6.14. The van der Waals surface area contributed by atoms with E-state index in [0.717, 1.165) is 11.1 Å². The van der Waals surface area contributed by atoms with E-state index in [4.69, 9.17) is 4.74 Å². The van der Waals surface area contributed by atoms with Crippen LogP contribution in [0.1, 0.15) is 24.0 Å². The third-order valence-electron chi connectivity index (χ3n) is 3.49. The van der Waals surface area contributed by atoms with Crippen molar-refractivity contribution in [1.82, 2.24) is 5.32 Å². The Labute approximate surface area is 123 Å². The molecule has 3 nitrogen and oxygen atoms in total. The van der Waals surface area contributed by atoms with Gasteiger partial charge in [0.1, 0.15) is 23.9 Å². The van der Waals surface area contributed by atoms with Crippen LogP contribution >= 0.6 is 0 Å². The molecule has 0 aromatic heterocycles. The van der Waals surface area contributed by atoms with Gasteiger partial charge >= 0.3 is 0 Å². The van der Waals surface area contributed by atoms with E-state index in [9.17, 15) is 9.50 Å². The number of benzene rings is 2. The fourth-order valence-corrected chi connectivity index (χ4v) is 2.18. The predicted octanol–water partition coefficient (Wildman–Crippen LogP) is 3.36. The van der Waals surface area contributed by atoms with Gasteiger partial charge in [-0.15, -0.1) is 0 Å². The van der Waals surface area contributed by atoms with Gasteiger partial charge in [0.15, 0.2) is 0 Å². The molecule has 0 bridgehead atoms. The van der Waals surface area contributed by atoms with Crippen LogP contribution in [0.15, 0.2) is 42.5 Å². The molecule has 4 heteroatoms. The normalized spacial score (nSPS) is 14.1. The summed E-state index contributed by atoms with van der Waals surface area (Å²) in [6, 6.07) is 12.1. The topological polar surface area (TPSA) is 41.5 Å². The summed E-state index contributed by atoms with van der Waals surface area (Å²) in [6.07, 6.45) is 2.38. The molecule has 0 spiro atoms. The van der Waals surface area contributed by atoms with E-state index in [1.165, 1.54) is 25.0 Å². The number of phenols is 1. The Kier molecular flexibility index (Phi) is 4.06. The van der Waals surface area contributed by atoms with Crippen LogP contribution in [0.25, 0.3) is 0 Å². The highest BCUT2D eigenvalue weighted by Crippen LogP contribution is 2.24. The van der Waals surface area contributed by atoms with Crippen molar-refractivity contribution in [3.05, 3.63) is 59.4 Å². The minimum Gasteiger partial charge on any atom is -0.508 e. The number of rotatable bonds is 6. The molecule has 2 N–H and O–H groups in total. The Balaban J connectivity index is 1.68. The molecule has 1 aliphatic rings. The third kappa shape index (κ3) is 3.95. The Morgan fingerprint density at radius 2 is 2.05 bits per heavy atom. The van der Waals surface area contributed by atoms with Crippen LogP contribution in [0.5, 0.6) is 11.5 Å². The summed E-state index contributed by atoms with van der Waals surface area (Å²) in [5, 5.41) is 12.8. The number of hydrogen-bond acceptors (Lipinski definition) is 3. The molecule has 2 aromatic carbocycles. The van der Waals surface area contributed by atoms with E-state index >= 15 is 0 Å². The summed E-state index contributed by atoms with van der Waals surface area (Å²) in [6.45, 7) is 0.953. The molecule has 2 aromatic rings. The molecule has 1 fully saturated rings. The van der Waals surface area contributed by atoms with Gasteiger partial charge in [-0.1, -0.05) is 12.1 Å². The third-order valence-corrected chi connectivity index (χ3v) is 3.49. The zero-order valence-electron chi connectivity index (χ0n) is 11.7. The standard InChI is InChI=1S/C17H18FNO2/c18-14-4-7-17(13(9-14)10-19-15-5-6-15)21-11-12-2-1-3-16(20)8-12/h1-4,7-9,15,19-20H,5-6,10-11H2. The number of nitrogens with one attached hydrogen (secondary N) is 1. The van der Waals surface area contributed by atoms with Crippen LogP contribution in [-0.2, 0) is 13.2 Å². The molecule has 0 heterocycles. The maximum absolute atomic E-state index is 13.4. The van der Waals surface area contributed by atoms with Crippen LogP contribution in [0.2, 0.25) is 0 Å². The molecule has 0 saturated heterocycles. The van der Waals surface area contributed by atoms with Crippen LogP contribution in [0, 0.1) is 5.82 Å². The fraction of sp³-hybridized carbons (Fsp3) is 0.294. The molecule has 21 heavy (non-hydrogen) atoms. The van der Waals surface area contributed by atoms with Crippen molar-refractivity contribution in [3.63, 3.8) is 0 Å². The van der Waals surface area contributed by atoms with E-state index in [2.05, 4.69) is 5.32 Å². The van der Waals surface area contributed by atoms with Gasteiger partial charge in [-0.3, -0.25) is 0 Å². The Bertz CT molecular complexity index is 626. The number of hydrogen-bond donors (Lipinski definition) is 2. The van der Waals surface area contributed by atoms with Crippen molar-refractivity contribution in [2.45, 2.75) is 32.0 Å². The minimum absolute atomic E-state index is 0.214. The van der Waals surface area contributed by atoms with Gasteiger partial charge in [0.2, 0.25) is 0 Å². The summed E-state index contributed by atoms with van der Waals surface area (Å²) in [5.41, 5.74) is 1.70. The maximum atomic E-state index is 13.4. The molecular formula is C17H18FNO2. The molecule has 0 unspecified atom stereocenters. The highest BCUT2D eigenvalue weighted by molar-refractivity contribution is 5.35. The van der Waals surface area contributed by atoms with Gasteiger partial charge in [-0.05, 0) is 48.7 Å². The number of phenolic OH excluding ortho intramolecular Hbond substituents is 1. The summed E-state index contributed by atoms with van der Waals surface area (Å²) < 4.78 is 19.2. The minimum atomic E-state index is -0.257. The molecule has 0 aliphatic heterocycles. The van der Waals surface area contributed by atoms with Crippen molar-refractivity contribution >= 4 is 0 Å². The smallest absolute Gasteiger partial charge is 0.124 e. The Hall–Kier alpha value is -2.07. The lowest BCUT2D eigenvalue weighted by molar-refractivity contribution is 0.300. The average molecular weight is 287 g/mol. The van der Waals surface area contributed by atoms with Gasteiger partial charge in [0, 0.05) is 18.2 Å². The molecule has 0 atom stereocenters. The SMILES string of the molecule is Oc1cccc(COc2ccc(F)cc2CNC2CC2)c1. The zero-order chi connectivity index (χ0) is 14.7. The zero-order valence-corrected chi connectivity index (χ0v) is 11.7. The summed E-state index contributed by atoms with van der Waals surface area (Å²) >= 11 is 0. The van der Waals surface area contributed by atoms with Gasteiger partial charge in [-0.2, -0.15) is 0 Å². The second-order valence-electron chi connectivity index (χ2n) is 5.37. The largest absolute Gasteiger partial charge is 0.508 e. The van der Waals surface area contributed by atoms with Crippen molar-refractivity contribution in [3.8, 4) is 11.5 Å². The van der Waals surface area contributed by atoms with Gasteiger partial charge in [0.25, 0.3) is 0 Å². The van der Waals surface area contributed by atoms with E-state index in [1.54, 1.807) is 24.3 Å². The van der Waals surface area contributed by atoms with Crippen molar-refractivity contribution in [2.75, 3.05) is 0 Å². The molecule has 110 valence electrons. The van der Waals surface area contributed by atoms with E-state index in [0.29, 0.717) is 24.9 Å². The van der Waals surface area contributed by atoms with Gasteiger partial charge < -0.3 is 15.2 Å². The van der Waals surface area contributed by atoms with Crippen LogP contribution in [0.3, 0.4) is 0 Å². The summed E-state index contributed by atoms with van der Waals surface area (Å²) in [7, 11) is 0. The number of ether oxygens (including phenoxy) is 1. The summed E-state index contributed by atoms with van der Waals surface area (Å²) in [5.74, 6) is 0.631. The van der Waals surface area contributed by atoms with Crippen LogP contribution < -0.4 is 10.1 Å². The highest BCUT2D eigenvalue weighted by Gasteiger charge is 2.20. The molecule has 1 saturated carbocycles. The molecule has 0 amide bonds. The lowest BCUT2D eigenvalue weighted by Gasteiger charge is -2.12. The number of halogens is 1. The van der Waals surface area contributed by atoms with Crippen LogP contribution in [-0.4, -0.2) is 11.1 Å². The second-order valence-corrected chi connectivity index (χ2v) is 5.37.